The molecular formula is C44H54F2N4O5S. The number of carbonyl (C=O) groups excluding carboxylic acids is 2. The summed E-state index contributed by atoms with van der Waals surface area (Å²) in [6, 6.07) is 19.9. The number of anilines is 1. The van der Waals surface area contributed by atoms with Gasteiger partial charge in [-0.05, 0) is 149 Å². The highest BCUT2D eigenvalue weighted by molar-refractivity contribution is 7.91. The SMILES string of the molecule is COC(=O)C[C@H]1CCC[C@@H]1[C@](CN1CCC1)(c1cccc(F)c1)C1CCN(CC2(F)CN(c3ccc(S(=O)(=O)c4ccc(C(=O)N5CCC5)cc4)cc3)C2)CC1. The van der Waals surface area contributed by atoms with Crippen molar-refractivity contribution < 1.29 is 31.5 Å². The molecule has 3 atom stereocenters. The van der Waals surface area contributed by atoms with Gasteiger partial charge >= 0.3 is 5.97 Å². The van der Waals surface area contributed by atoms with E-state index in [1.54, 1.807) is 47.4 Å². The molecule has 4 saturated heterocycles. The second kappa shape index (κ2) is 15.8. The Morgan fingerprint density at radius 3 is 2.07 bits per heavy atom. The third-order valence-corrected chi connectivity index (χ3v) is 15.4. The van der Waals surface area contributed by atoms with E-state index >= 15 is 8.78 Å². The van der Waals surface area contributed by atoms with Crippen molar-refractivity contribution in [3.63, 3.8) is 0 Å². The summed E-state index contributed by atoms with van der Waals surface area (Å²) in [5.41, 5.74) is 0.578. The number of sulfone groups is 1. The number of hydrogen-bond donors (Lipinski definition) is 0. The highest BCUT2D eigenvalue weighted by Crippen LogP contribution is 2.54. The molecule has 5 aliphatic rings. The van der Waals surface area contributed by atoms with E-state index in [0.29, 0.717) is 18.5 Å². The van der Waals surface area contributed by atoms with Crippen LogP contribution in [0, 0.1) is 23.6 Å². The minimum atomic E-state index is -3.79. The molecule has 12 heteroatoms. The van der Waals surface area contributed by atoms with Gasteiger partial charge in [-0.2, -0.15) is 0 Å². The number of nitrogens with zero attached hydrogens (tertiary/aromatic N) is 4. The molecular weight excluding hydrogens is 735 g/mol. The van der Waals surface area contributed by atoms with Crippen LogP contribution in [0.1, 0.15) is 67.3 Å². The molecule has 4 heterocycles. The van der Waals surface area contributed by atoms with Crippen LogP contribution in [0.3, 0.4) is 0 Å². The number of rotatable bonds is 13. The van der Waals surface area contributed by atoms with E-state index in [-0.39, 0.29) is 63.7 Å². The van der Waals surface area contributed by atoms with E-state index in [0.717, 1.165) is 102 Å². The Hall–Kier alpha value is -3.87. The second-order valence-electron chi connectivity index (χ2n) is 17.0. The lowest BCUT2D eigenvalue weighted by Crippen LogP contribution is -2.64. The standard InChI is InChI=1S/C44H54F2N4O5S/c1-55-41(51)26-33-6-2-9-40(33)44(31-47-20-4-21-47,35-7-3-8-36(45)27-35)34-18-24-48(25-19-34)28-43(46)29-50(30-43)37-12-16-39(17-13-37)56(53,54)38-14-10-32(11-15-38)42(52)49-22-5-23-49/h3,7-8,10-17,27,33-34,40H,2,4-6,9,18-26,28-31H2,1H3/t33-,40+,44+/m1/s1. The van der Waals surface area contributed by atoms with E-state index in [9.17, 15) is 18.0 Å². The van der Waals surface area contributed by atoms with E-state index in [1.807, 2.05) is 11.0 Å². The van der Waals surface area contributed by atoms with E-state index in [2.05, 4.69) is 15.9 Å². The molecule has 0 aromatic heterocycles. The average molecular weight is 789 g/mol. The Morgan fingerprint density at radius 1 is 0.821 bits per heavy atom. The van der Waals surface area contributed by atoms with Crippen LogP contribution in [-0.4, -0.2) is 113 Å². The normalized spacial score (nSPS) is 24.1. The van der Waals surface area contributed by atoms with Gasteiger partial charge in [0.2, 0.25) is 9.84 Å². The molecule has 56 heavy (non-hydrogen) atoms. The lowest BCUT2D eigenvalue weighted by Gasteiger charge is -2.54. The van der Waals surface area contributed by atoms with Crippen LogP contribution < -0.4 is 4.90 Å². The maximum atomic E-state index is 16.3. The van der Waals surface area contributed by atoms with E-state index in [1.165, 1.54) is 25.3 Å². The van der Waals surface area contributed by atoms with Gasteiger partial charge in [0.05, 0.1) is 30.0 Å². The van der Waals surface area contributed by atoms with Crippen molar-refractivity contribution in [1.82, 2.24) is 14.7 Å². The van der Waals surface area contributed by atoms with Gasteiger partial charge in [0.25, 0.3) is 5.91 Å². The van der Waals surface area contributed by atoms with Crippen LogP contribution in [0.15, 0.2) is 82.6 Å². The van der Waals surface area contributed by atoms with Crippen molar-refractivity contribution in [2.24, 2.45) is 17.8 Å². The summed E-state index contributed by atoms with van der Waals surface area (Å²) in [4.78, 5) is 33.8. The second-order valence-corrected chi connectivity index (χ2v) is 18.9. The number of alkyl halides is 1. The molecule has 0 bridgehead atoms. The number of halogens is 2. The summed E-state index contributed by atoms with van der Waals surface area (Å²) in [6.07, 6.45) is 7.27. The zero-order valence-electron chi connectivity index (χ0n) is 32.4. The Balaban J connectivity index is 0.912. The maximum absolute atomic E-state index is 16.3. The van der Waals surface area contributed by atoms with E-state index in [4.69, 9.17) is 4.74 Å². The fourth-order valence-electron chi connectivity index (χ4n) is 10.4. The third kappa shape index (κ3) is 7.61. The van der Waals surface area contributed by atoms with Crippen LogP contribution in [0.4, 0.5) is 14.5 Å². The zero-order valence-corrected chi connectivity index (χ0v) is 33.2. The molecule has 1 saturated carbocycles. The molecule has 1 aliphatic carbocycles. The van der Waals surface area contributed by atoms with Gasteiger partial charge in [-0.3, -0.25) is 14.5 Å². The lowest BCUT2D eigenvalue weighted by molar-refractivity contribution is -0.142. The van der Waals surface area contributed by atoms with Gasteiger partial charge in [0, 0.05) is 49.3 Å². The lowest BCUT2D eigenvalue weighted by atomic mass is 9.56. The number of piperidine rings is 1. The smallest absolute Gasteiger partial charge is 0.305 e. The Bertz CT molecular complexity index is 1990. The molecule has 0 radical (unpaired) electrons. The number of ether oxygens (including phenoxy) is 1. The average Bonchev–Trinajstić information content (AvgIpc) is 3.61. The maximum Gasteiger partial charge on any atom is 0.305 e. The fraction of sp³-hybridized carbons (Fsp3) is 0.545. The third-order valence-electron chi connectivity index (χ3n) is 13.6. The largest absolute Gasteiger partial charge is 0.469 e. The molecule has 3 aromatic carbocycles. The summed E-state index contributed by atoms with van der Waals surface area (Å²) in [5, 5.41) is 0. The Kier molecular flexibility index (Phi) is 11.0. The topological polar surface area (TPSA) is 90.5 Å². The molecule has 1 amide bonds. The van der Waals surface area contributed by atoms with Crippen molar-refractivity contribution in [2.75, 3.05) is 77.5 Å². The summed E-state index contributed by atoms with van der Waals surface area (Å²) < 4.78 is 63.2. The highest BCUT2D eigenvalue weighted by Gasteiger charge is 2.53. The summed E-state index contributed by atoms with van der Waals surface area (Å²) in [5.74, 6) is 0.156. The van der Waals surface area contributed by atoms with Gasteiger partial charge in [-0.15, -0.1) is 0 Å². The number of amides is 1. The monoisotopic (exact) mass is 788 g/mol. The zero-order chi connectivity index (χ0) is 39.1. The minimum Gasteiger partial charge on any atom is -0.469 e. The predicted octanol–water partition coefficient (Wildman–Crippen LogP) is 6.37. The number of likely N-dealkylation sites (tertiary alicyclic amines) is 3. The first-order valence-electron chi connectivity index (χ1n) is 20.4. The highest BCUT2D eigenvalue weighted by atomic mass is 32.2. The Morgan fingerprint density at radius 2 is 1.48 bits per heavy atom. The van der Waals surface area contributed by atoms with Crippen LogP contribution in [0.2, 0.25) is 0 Å². The molecule has 0 N–H and O–H groups in total. The summed E-state index contributed by atoms with van der Waals surface area (Å²) in [7, 11) is -2.34. The molecule has 5 fully saturated rings. The molecule has 3 aromatic rings. The molecule has 0 unspecified atom stereocenters. The number of hydrogen-bond acceptors (Lipinski definition) is 8. The summed E-state index contributed by atoms with van der Waals surface area (Å²) >= 11 is 0. The molecule has 9 nitrogen and oxygen atoms in total. The quantitative estimate of drug-likeness (QED) is 0.185. The van der Waals surface area contributed by atoms with Crippen LogP contribution in [-0.2, 0) is 24.8 Å². The minimum absolute atomic E-state index is 0.0842. The molecule has 8 rings (SSSR count). The van der Waals surface area contributed by atoms with Gasteiger partial charge < -0.3 is 19.4 Å². The van der Waals surface area contributed by atoms with Crippen molar-refractivity contribution in [3.05, 3.63) is 89.7 Å². The van der Waals surface area contributed by atoms with Crippen molar-refractivity contribution in [3.8, 4) is 0 Å². The molecule has 0 spiro atoms. The summed E-state index contributed by atoms with van der Waals surface area (Å²) in [6.45, 7) is 6.64. The van der Waals surface area contributed by atoms with Crippen LogP contribution in [0.5, 0.6) is 0 Å². The fourth-order valence-corrected chi connectivity index (χ4v) is 11.7. The van der Waals surface area contributed by atoms with Crippen LogP contribution >= 0.6 is 0 Å². The van der Waals surface area contributed by atoms with E-state index < -0.39 is 15.5 Å². The number of methoxy groups -OCH3 is 1. The van der Waals surface area contributed by atoms with Crippen molar-refractivity contribution in [1.29, 1.82) is 0 Å². The number of benzene rings is 3. The predicted molar refractivity (Wildman–Crippen MR) is 211 cm³/mol. The van der Waals surface area contributed by atoms with Gasteiger partial charge in [0.15, 0.2) is 5.67 Å². The van der Waals surface area contributed by atoms with Crippen molar-refractivity contribution >= 4 is 27.4 Å². The first-order chi connectivity index (χ1) is 27.0. The first kappa shape index (κ1) is 39.0. The van der Waals surface area contributed by atoms with Gasteiger partial charge in [-0.1, -0.05) is 18.6 Å². The molecule has 300 valence electrons. The van der Waals surface area contributed by atoms with Crippen LogP contribution in [0.25, 0.3) is 0 Å². The van der Waals surface area contributed by atoms with Gasteiger partial charge in [-0.25, -0.2) is 17.2 Å². The molecule has 4 aliphatic heterocycles. The van der Waals surface area contributed by atoms with Crippen molar-refractivity contribution in [2.45, 2.75) is 72.2 Å². The number of esters is 1. The Labute approximate surface area is 329 Å². The van der Waals surface area contributed by atoms with Gasteiger partial charge in [0.1, 0.15) is 5.82 Å². The first-order valence-corrected chi connectivity index (χ1v) is 21.9. The number of carbonyl (C=O) groups is 2.